The summed E-state index contributed by atoms with van der Waals surface area (Å²) in [5.41, 5.74) is 0.209. The minimum atomic E-state index is -0.314. The number of nitrogens with zero attached hydrogens (tertiary/aromatic N) is 2. The number of halogens is 3. The third-order valence-corrected chi connectivity index (χ3v) is 4.23. The van der Waals surface area contributed by atoms with E-state index >= 15 is 0 Å². The van der Waals surface area contributed by atoms with Crippen molar-refractivity contribution in [3.05, 3.63) is 37.4 Å². The summed E-state index contributed by atoms with van der Waals surface area (Å²) in [5.74, 6) is -0.314. The Morgan fingerprint density at radius 1 is 1.35 bits per heavy atom. The first-order chi connectivity index (χ1) is 8.09. The van der Waals surface area contributed by atoms with Crippen LogP contribution in [0.15, 0.2) is 22.2 Å². The molecule has 0 bridgehead atoms. The van der Waals surface area contributed by atoms with Crippen molar-refractivity contribution in [1.82, 2.24) is 9.97 Å². The van der Waals surface area contributed by atoms with E-state index in [1.807, 2.05) is 0 Å². The first-order valence-electron chi connectivity index (χ1n) is 4.30. The summed E-state index contributed by atoms with van der Waals surface area (Å²) in [4.78, 5) is 19.9. The number of thiophene rings is 1. The van der Waals surface area contributed by atoms with Crippen LogP contribution in [-0.2, 0) is 0 Å². The summed E-state index contributed by atoms with van der Waals surface area (Å²) >= 11 is 16.2. The fraction of sp³-hybridized carbons (Fsp3) is 0. The van der Waals surface area contributed by atoms with Gasteiger partial charge >= 0.3 is 0 Å². The maximum atomic E-state index is 11.9. The molecule has 8 heteroatoms. The molecule has 4 nitrogen and oxygen atoms in total. The van der Waals surface area contributed by atoms with Gasteiger partial charge in [-0.3, -0.25) is 4.79 Å². The SMILES string of the molecule is O=C(Nc1c(Cl)ncnc1Cl)c1sccc1Br. The zero-order chi connectivity index (χ0) is 12.4. The average molecular weight is 353 g/mol. The number of anilines is 1. The first-order valence-corrected chi connectivity index (χ1v) is 6.73. The molecule has 2 aromatic heterocycles. The van der Waals surface area contributed by atoms with Crippen molar-refractivity contribution in [2.75, 3.05) is 5.32 Å². The van der Waals surface area contributed by atoms with Crippen molar-refractivity contribution in [2.24, 2.45) is 0 Å². The van der Waals surface area contributed by atoms with Gasteiger partial charge in [0.15, 0.2) is 10.3 Å². The van der Waals surface area contributed by atoms with E-state index in [2.05, 4.69) is 31.2 Å². The van der Waals surface area contributed by atoms with E-state index in [0.717, 1.165) is 0 Å². The highest BCUT2D eigenvalue weighted by molar-refractivity contribution is 9.10. The van der Waals surface area contributed by atoms with E-state index in [-0.39, 0.29) is 21.9 Å². The van der Waals surface area contributed by atoms with Crippen LogP contribution < -0.4 is 5.32 Å². The molecule has 88 valence electrons. The van der Waals surface area contributed by atoms with E-state index in [4.69, 9.17) is 23.2 Å². The fourth-order valence-electron chi connectivity index (χ4n) is 1.07. The van der Waals surface area contributed by atoms with Crippen molar-refractivity contribution < 1.29 is 4.79 Å². The molecule has 0 aromatic carbocycles. The van der Waals surface area contributed by atoms with Gasteiger partial charge in [0.05, 0.1) is 0 Å². The molecule has 0 fully saturated rings. The van der Waals surface area contributed by atoms with Crippen LogP contribution >= 0.6 is 50.5 Å². The minimum Gasteiger partial charge on any atom is -0.316 e. The fourth-order valence-corrected chi connectivity index (χ4v) is 2.93. The largest absolute Gasteiger partial charge is 0.316 e. The minimum absolute atomic E-state index is 0.103. The maximum Gasteiger partial charge on any atom is 0.267 e. The second-order valence-corrected chi connectivity index (χ2v) is 5.37. The number of nitrogens with one attached hydrogen (secondary N) is 1. The van der Waals surface area contributed by atoms with Gasteiger partial charge in [0.25, 0.3) is 5.91 Å². The highest BCUT2D eigenvalue weighted by atomic mass is 79.9. The van der Waals surface area contributed by atoms with Crippen LogP contribution in [0.1, 0.15) is 9.67 Å². The lowest BCUT2D eigenvalue weighted by molar-refractivity contribution is 0.103. The smallest absolute Gasteiger partial charge is 0.267 e. The van der Waals surface area contributed by atoms with Crippen LogP contribution in [0.25, 0.3) is 0 Å². The molecule has 2 aromatic rings. The zero-order valence-corrected chi connectivity index (χ0v) is 12.0. The number of rotatable bonds is 2. The quantitative estimate of drug-likeness (QED) is 0.835. The third-order valence-electron chi connectivity index (χ3n) is 1.82. The Balaban J connectivity index is 2.28. The van der Waals surface area contributed by atoms with Crippen molar-refractivity contribution in [1.29, 1.82) is 0 Å². The van der Waals surface area contributed by atoms with Crippen LogP contribution in [0, 0.1) is 0 Å². The molecule has 0 saturated heterocycles. The lowest BCUT2D eigenvalue weighted by Gasteiger charge is -2.06. The maximum absolute atomic E-state index is 11.9. The summed E-state index contributed by atoms with van der Waals surface area (Å²) in [7, 11) is 0. The number of carbonyl (C=O) groups is 1. The van der Waals surface area contributed by atoms with Gasteiger partial charge in [-0.15, -0.1) is 11.3 Å². The van der Waals surface area contributed by atoms with Gasteiger partial charge in [0, 0.05) is 4.47 Å². The molecule has 1 N–H and O–H groups in total. The molecule has 0 atom stereocenters. The Kier molecular flexibility index (Phi) is 3.98. The molecule has 0 saturated carbocycles. The summed E-state index contributed by atoms with van der Waals surface area (Å²) in [6, 6.07) is 1.78. The van der Waals surface area contributed by atoms with Crippen molar-refractivity contribution in [3.8, 4) is 0 Å². The molecule has 0 spiro atoms. The Morgan fingerprint density at radius 3 is 2.53 bits per heavy atom. The number of carbonyl (C=O) groups excluding carboxylic acids is 1. The van der Waals surface area contributed by atoms with Crippen LogP contribution in [0.2, 0.25) is 10.3 Å². The number of hydrogen-bond donors (Lipinski definition) is 1. The molecule has 1 amide bonds. The van der Waals surface area contributed by atoms with Crippen molar-refractivity contribution in [3.63, 3.8) is 0 Å². The van der Waals surface area contributed by atoms with Gasteiger partial charge in [0.1, 0.15) is 16.9 Å². The van der Waals surface area contributed by atoms with Crippen LogP contribution in [0.5, 0.6) is 0 Å². The van der Waals surface area contributed by atoms with E-state index in [1.165, 1.54) is 17.7 Å². The van der Waals surface area contributed by atoms with Crippen LogP contribution in [-0.4, -0.2) is 15.9 Å². The number of hydrogen-bond acceptors (Lipinski definition) is 4. The molecular formula is C9H4BrCl2N3OS. The highest BCUT2D eigenvalue weighted by Gasteiger charge is 2.16. The molecule has 0 aliphatic rings. The monoisotopic (exact) mass is 351 g/mol. The average Bonchev–Trinajstić information content (AvgIpc) is 2.70. The Hall–Kier alpha value is -0.690. The molecule has 0 unspecified atom stereocenters. The van der Waals surface area contributed by atoms with Crippen LogP contribution in [0.3, 0.4) is 0 Å². The van der Waals surface area contributed by atoms with E-state index in [0.29, 0.717) is 9.35 Å². The predicted octanol–water partition coefficient (Wildman–Crippen LogP) is 3.86. The van der Waals surface area contributed by atoms with Gasteiger partial charge < -0.3 is 5.32 Å². The Bertz CT molecular complexity index is 555. The summed E-state index contributed by atoms with van der Waals surface area (Å²) in [6.07, 6.45) is 1.22. The lowest BCUT2D eigenvalue weighted by atomic mass is 10.4. The zero-order valence-electron chi connectivity index (χ0n) is 8.08. The van der Waals surface area contributed by atoms with Gasteiger partial charge in [-0.2, -0.15) is 0 Å². The van der Waals surface area contributed by atoms with Crippen molar-refractivity contribution >= 4 is 62.1 Å². The Labute approximate surface area is 119 Å². The molecule has 0 aliphatic heterocycles. The number of aromatic nitrogens is 2. The summed E-state index contributed by atoms with van der Waals surface area (Å²) in [5, 5.41) is 4.58. The Morgan fingerprint density at radius 2 is 2.00 bits per heavy atom. The second-order valence-electron chi connectivity index (χ2n) is 2.88. The summed E-state index contributed by atoms with van der Waals surface area (Å²) in [6.45, 7) is 0. The lowest BCUT2D eigenvalue weighted by Crippen LogP contribution is -2.12. The van der Waals surface area contributed by atoms with Gasteiger partial charge in [-0.05, 0) is 27.4 Å². The molecule has 2 rings (SSSR count). The molecule has 0 radical (unpaired) electrons. The van der Waals surface area contributed by atoms with E-state index < -0.39 is 0 Å². The summed E-state index contributed by atoms with van der Waals surface area (Å²) < 4.78 is 0.712. The van der Waals surface area contributed by atoms with Gasteiger partial charge in [0.2, 0.25) is 0 Å². The first kappa shape index (κ1) is 12.8. The standard InChI is InChI=1S/C9H4BrCl2N3OS/c10-4-1-2-17-6(4)9(16)15-5-7(11)13-3-14-8(5)12/h1-3H,(H,15,16). The molecule has 17 heavy (non-hydrogen) atoms. The van der Waals surface area contributed by atoms with E-state index in [1.54, 1.807) is 11.4 Å². The third kappa shape index (κ3) is 2.77. The van der Waals surface area contributed by atoms with E-state index in [9.17, 15) is 4.79 Å². The van der Waals surface area contributed by atoms with Gasteiger partial charge in [-0.25, -0.2) is 9.97 Å². The molecular weight excluding hydrogens is 349 g/mol. The van der Waals surface area contributed by atoms with Gasteiger partial charge in [-0.1, -0.05) is 23.2 Å². The normalized spacial score (nSPS) is 10.3. The highest BCUT2D eigenvalue weighted by Crippen LogP contribution is 2.28. The molecule has 2 heterocycles. The second kappa shape index (κ2) is 5.30. The van der Waals surface area contributed by atoms with Crippen molar-refractivity contribution in [2.45, 2.75) is 0 Å². The number of amides is 1. The van der Waals surface area contributed by atoms with Crippen LogP contribution in [0.4, 0.5) is 5.69 Å². The molecule has 0 aliphatic carbocycles. The topological polar surface area (TPSA) is 54.9 Å². The predicted molar refractivity (Wildman–Crippen MR) is 72.0 cm³/mol.